The van der Waals surface area contributed by atoms with Crippen LogP contribution in [-0.2, 0) is 19.1 Å². The van der Waals surface area contributed by atoms with Gasteiger partial charge in [0, 0.05) is 17.3 Å². The number of ether oxygens (including phenoxy) is 2. The number of hydrogen-bond donors (Lipinski definition) is 1. The highest BCUT2D eigenvalue weighted by atomic mass is 35.5. The maximum atomic E-state index is 12.1. The van der Waals surface area contributed by atoms with E-state index >= 15 is 0 Å². The number of nitrogens with one attached hydrogen (secondary N) is 1. The number of carbonyl (C=O) groups is 2. The minimum Gasteiger partial charge on any atom is -0.451 e. The van der Waals surface area contributed by atoms with Crippen LogP contribution in [0.15, 0.2) is 18.2 Å². The summed E-state index contributed by atoms with van der Waals surface area (Å²) in [5.74, 6) is -0.885. The molecule has 0 aliphatic carbocycles. The Hall–Kier alpha value is -1.59. The largest absolute Gasteiger partial charge is 0.451 e. The third-order valence-electron chi connectivity index (χ3n) is 3.31. The van der Waals surface area contributed by atoms with Gasteiger partial charge in [0.25, 0.3) is 5.91 Å². The molecule has 1 heterocycles. The van der Waals surface area contributed by atoms with Gasteiger partial charge in [-0.05, 0) is 44.4 Å². The summed E-state index contributed by atoms with van der Waals surface area (Å²) in [4.78, 5) is 23.8. The number of esters is 1. The summed E-state index contributed by atoms with van der Waals surface area (Å²) in [6.45, 7) is 3.94. The van der Waals surface area contributed by atoms with Crippen molar-refractivity contribution in [2.24, 2.45) is 0 Å². The summed E-state index contributed by atoms with van der Waals surface area (Å²) in [6.07, 6.45) is 0.0380. The Morgan fingerprint density at radius 1 is 1.48 bits per heavy atom. The van der Waals surface area contributed by atoms with Crippen LogP contribution in [0.25, 0.3) is 0 Å². The van der Waals surface area contributed by atoms with Crippen molar-refractivity contribution in [1.82, 2.24) is 0 Å². The quantitative estimate of drug-likeness (QED) is 0.868. The first kappa shape index (κ1) is 15.8. The molecule has 0 radical (unpaired) electrons. The number of benzene rings is 1. The summed E-state index contributed by atoms with van der Waals surface area (Å²) in [5.41, 5.74) is 1.48. The highest BCUT2D eigenvalue weighted by Crippen LogP contribution is 2.21. The SMILES string of the molecule is Cc1ccc(Cl)cc1NC(=O)[C@@H](C)OC(=O)[C@H]1CCCO1. The lowest BCUT2D eigenvalue weighted by Gasteiger charge is -2.16. The van der Waals surface area contributed by atoms with Crippen LogP contribution in [0.2, 0.25) is 5.02 Å². The van der Waals surface area contributed by atoms with Crippen LogP contribution < -0.4 is 5.32 Å². The molecule has 5 nitrogen and oxygen atoms in total. The van der Waals surface area contributed by atoms with E-state index in [9.17, 15) is 9.59 Å². The fraction of sp³-hybridized carbons (Fsp3) is 0.467. The predicted octanol–water partition coefficient (Wildman–Crippen LogP) is 2.70. The van der Waals surface area contributed by atoms with Crippen molar-refractivity contribution in [1.29, 1.82) is 0 Å². The number of amides is 1. The van der Waals surface area contributed by atoms with Gasteiger partial charge in [-0.25, -0.2) is 4.79 Å². The van der Waals surface area contributed by atoms with Crippen molar-refractivity contribution in [3.8, 4) is 0 Å². The number of hydrogen-bond acceptors (Lipinski definition) is 4. The number of aryl methyl sites for hydroxylation is 1. The van der Waals surface area contributed by atoms with E-state index in [-0.39, 0.29) is 0 Å². The molecule has 0 unspecified atom stereocenters. The Morgan fingerprint density at radius 3 is 2.90 bits per heavy atom. The van der Waals surface area contributed by atoms with Crippen molar-refractivity contribution < 1.29 is 19.1 Å². The Balaban J connectivity index is 1.93. The molecule has 2 rings (SSSR count). The molecule has 6 heteroatoms. The Morgan fingerprint density at radius 2 is 2.24 bits per heavy atom. The van der Waals surface area contributed by atoms with E-state index in [1.165, 1.54) is 6.92 Å². The molecule has 0 bridgehead atoms. The van der Waals surface area contributed by atoms with Crippen molar-refractivity contribution in [3.05, 3.63) is 28.8 Å². The van der Waals surface area contributed by atoms with Crippen LogP contribution in [0.4, 0.5) is 5.69 Å². The Kier molecular flexibility index (Phi) is 5.20. The van der Waals surface area contributed by atoms with Gasteiger partial charge < -0.3 is 14.8 Å². The van der Waals surface area contributed by atoms with Crippen molar-refractivity contribution in [3.63, 3.8) is 0 Å². The van der Waals surface area contributed by atoms with E-state index in [1.54, 1.807) is 18.2 Å². The predicted molar refractivity (Wildman–Crippen MR) is 79.3 cm³/mol. The fourth-order valence-corrected chi connectivity index (χ4v) is 2.20. The maximum absolute atomic E-state index is 12.1. The number of halogens is 1. The third kappa shape index (κ3) is 4.19. The van der Waals surface area contributed by atoms with Gasteiger partial charge in [0.05, 0.1) is 0 Å². The van der Waals surface area contributed by atoms with E-state index in [0.29, 0.717) is 23.7 Å². The van der Waals surface area contributed by atoms with E-state index in [1.807, 2.05) is 6.92 Å². The molecule has 1 saturated heterocycles. The van der Waals surface area contributed by atoms with Crippen molar-refractivity contribution in [2.45, 2.75) is 38.9 Å². The van der Waals surface area contributed by atoms with E-state index in [2.05, 4.69) is 5.32 Å². The smallest absolute Gasteiger partial charge is 0.336 e. The molecule has 1 amide bonds. The fourth-order valence-electron chi connectivity index (χ4n) is 2.03. The highest BCUT2D eigenvalue weighted by Gasteiger charge is 2.28. The van der Waals surface area contributed by atoms with Gasteiger partial charge in [-0.15, -0.1) is 0 Å². The molecule has 21 heavy (non-hydrogen) atoms. The van der Waals surface area contributed by atoms with Gasteiger partial charge in [0.15, 0.2) is 12.2 Å². The van der Waals surface area contributed by atoms with Gasteiger partial charge in [-0.3, -0.25) is 4.79 Å². The molecule has 114 valence electrons. The minimum absolute atomic E-state index is 0.397. The van der Waals surface area contributed by atoms with Crippen molar-refractivity contribution in [2.75, 3.05) is 11.9 Å². The second kappa shape index (κ2) is 6.91. The van der Waals surface area contributed by atoms with Gasteiger partial charge in [0.1, 0.15) is 0 Å². The monoisotopic (exact) mass is 311 g/mol. The molecule has 1 aromatic rings. The first-order chi connectivity index (χ1) is 9.97. The summed E-state index contributed by atoms with van der Waals surface area (Å²) in [7, 11) is 0. The van der Waals surface area contributed by atoms with Crippen LogP contribution in [-0.4, -0.2) is 30.7 Å². The summed E-state index contributed by atoms with van der Waals surface area (Å²) >= 11 is 5.90. The zero-order valence-electron chi connectivity index (χ0n) is 12.0. The molecule has 1 aromatic carbocycles. The van der Waals surface area contributed by atoms with Crippen LogP contribution in [0.3, 0.4) is 0 Å². The molecule has 2 atom stereocenters. The average molecular weight is 312 g/mol. The number of rotatable bonds is 4. The minimum atomic E-state index is -0.889. The molecule has 1 fully saturated rings. The second-order valence-corrected chi connectivity index (χ2v) is 5.47. The molecule has 1 N–H and O–H groups in total. The van der Waals surface area contributed by atoms with Crippen LogP contribution in [0.1, 0.15) is 25.3 Å². The second-order valence-electron chi connectivity index (χ2n) is 5.03. The zero-order chi connectivity index (χ0) is 15.4. The highest BCUT2D eigenvalue weighted by molar-refractivity contribution is 6.31. The first-order valence-corrected chi connectivity index (χ1v) is 7.24. The summed E-state index contributed by atoms with van der Waals surface area (Å²) in [5, 5.41) is 3.23. The molecule has 0 saturated carbocycles. The molecular formula is C15H18ClNO4. The maximum Gasteiger partial charge on any atom is 0.336 e. The van der Waals surface area contributed by atoms with Gasteiger partial charge in [0.2, 0.25) is 0 Å². The third-order valence-corrected chi connectivity index (χ3v) is 3.55. The topological polar surface area (TPSA) is 64.6 Å². The lowest BCUT2D eigenvalue weighted by atomic mass is 10.2. The normalized spacial score (nSPS) is 19.1. The Bertz CT molecular complexity index is 540. The average Bonchev–Trinajstić information content (AvgIpc) is 2.97. The van der Waals surface area contributed by atoms with Gasteiger partial charge in [-0.1, -0.05) is 17.7 Å². The zero-order valence-corrected chi connectivity index (χ0v) is 12.8. The van der Waals surface area contributed by atoms with E-state index < -0.39 is 24.1 Å². The van der Waals surface area contributed by atoms with E-state index in [4.69, 9.17) is 21.1 Å². The first-order valence-electron chi connectivity index (χ1n) is 6.86. The molecule has 0 spiro atoms. The number of anilines is 1. The van der Waals surface area contributed by atoms with Crippen LogP contribution in [0, 0.1) is 6.92 Å². The lowest BCUT2D eigenvalue weighted by molar-refractivity contribution is -0.162. The van der Waals surface area contributed by atoms with E-state index in [0.717, 1.165) is 12.0 Å². The van der Waals surface area contributed by atoms with Crippen LogP contribution >= 0.6 is 11.6 Å². The summed E-state index contributed by atoms with van der Waals surface area (Å²) < 4.78 is 10.4. The van der Waals surface area contributed by atoms with Gasteiger partial charge >= 0.3 is 5.97 Å². The molecule has 0 aromatic heterocycles. The Labute approximate surface area is 128 Å². The lowest BCUT2D eigenvalue weighted by Crippen LogP contribution is -2.34. The molecule has 1 aliphatic heterocycles. The standard InChI is InChI=1S/C15H18ClNO4/c1-9-5-6-11(16)8-12(9)17-14(18)10(2)21-15(19)13-4-3-7-20-13/h5-6,8,10,13H,3-4,7H2,1-2H3,(H,17,18)/t10-,13-/m1/s1. The molecule has 1 aliphatic rings. The number of carbonyl (C=O) groups excluding carboxylic acids is 2. The van der Waals surface area contributed by atoms with Crippen LogP contribution in [0.5, 0.6) is 0 Å². The summed E-state index contributed by atoms with van der Waals surface area (Å²) in [6, 6.07) is 5.21. The van der Waals surface area contributed by atoms with Gasteiger partial charge in [-0.2, -0.15) is 0 Å². The van der Waals surface area contributed by atoms with Crippen molar-refractivity contribution >= 4 is 29.2 Å². The molecular weight excluding hydrogens is 294 g/mol.